The maximum absolute atomic E-state index is 14.2. The van der Waals surface area contributed by atoms with Crippen molar-refractivity contribution in [3.8, 4) is 0 Å². The number of ether oxygens (including phenoxy) is 2. The summed E-state index contributed by atoms with van der Waals surface area (Å²) >= 11 is 0. The third kappa shape index (κ3) is 4.91. The van der Waals surface area contributed by atoms with Crippen LogP contribution >= 0.6 is 7.75 Å². The molecule has 1 aromatic heterocycles. The molecule has 2 fully saturated rings. The molecule has 4 rings (SSSR count). The van der Waals surface area contributed by atoms with Gasteiger partial charge in [0.1, 0.15) is 12.3 Å². The van der Waals surface area contributed by atoms with E-state index in [0.29, 0.717) is 24.0 Å². The minimum atomic E-state index is -3.99. The van der Waals surface area contributed by atoms with Gasteiger partial charge in [-0.05, 0) is 18.4 Å². The number of carbonyl (C=O) groups excluding carboxylic acids is 1. The average molecular weight is 497 g/mol. The van der Waals surface area contributed by atoms with Crippen LogP contribution in [-0.2, 0) is 41.0 Å². The highest BCUT2D eigenvalue weighted by molar-refractivity contribution is 7.51. The molecule has 0 radical (unpaired) electrons. The Bertz CT molecular complexity index is 1190. The molecule has 34 heavy (non-hydrogen) atoms. The molecule has 0 unspecified atom stereocenters. The van der Waals surface area contributed by atoms with Crippen LogP contribution in [0.15, 0.2) is 46.1 Å². The lowest BCUT2D eigenvalue weighted by molar-refractivity contribution is -0.145. The minimum absolute atomic E-state index is 0.0730. The highest BCUT2D eigenvalue weighted by Crippen LogP contribution is 2.58. The van der Waals surface area contributed by atoms with Crippen molar-refractivity contribution in [2.75, 3.05) is 26.9 Å². The van der Waals surface area contributed by atoms with Gasteiger partial charge >= 0.3 is 19.4 Å². The zero-order valence-corrected chi connectivity index (χ0v) is 19.4. The fourth-order valence-corrected chi connectivity index (χ4v) is 5.77. The van der Waals surface area contributed by atoms with E-state index in [1.54, 1.807) is 24.3 Å². The fraction of sp³-hybridized carbons (Fsp3) is 0.476. The first-order valence-corrected chi connectivity index (χ1v) is 12.2. The summed E-state index contributed by atoms with van der Waals surface area (Å²) in [6, 6.07) is 8.01. The van der Waals surface area contributed by atoms with Crippen molar-refractivity contribution in [2.45, 2.75) is 38.2 Å². The van der Waals surface area contributed by atoms with Gasteiger partial charge in [0.05, 0.1) is 33.1 Å². The zero-order valence-electron chi connectivity index (χ0n) is 18.5. The van der Waals surface area contributed by atoms with E-state index in [2.05, 4.69) is 0 Å². The standard InChI is InChI=1S/C21H25FN3O8P/c1-30-20(27)17-14-33-34(29,25(17)12-15-6-3-2-4-7-15)32-11-9-23-19(26)16(22)13-24(21(23)28)18-8-5-10-31-18/h2-4,6-7,13,17-18H,5,8-12,14H2,1H3/t17-,18+,34+/m1/s1. The summed E-state index contributed by atoms with van der Waals surface area (Å²) in [5, 5.41) is 0. The fourth-order valence-electron chi connectivity index (χ4n) is 3.92. The number of benzene rings is 1. The summed E-state index contributed by atoms with van der Waals surface area (Å²) in [7, 11) is -2.78. The molecule has 2 aliphatic rings. The summed E-state index contributed by atoms with van der Waals surface area (Å²) in [6.07, 6.45) is 1.40. The lowest BCUT2D eigenvalue weighted by atomic mass is 10.2. The Balaban J connectivity index is 1.53. The molecule has 1 aromatic carbocycles. The number of nitrogens with zero attached hydrogens (tertiary/aromatic N) is 3. The van der Waals surface area contributed by atoms with Crippen molar-refractivity contribution in [1.82, 2.24) is 13.8 Å². The van der Waals surface area contributed by atoms with E-state index in [9.17, 15) is 23.3 Å². The van der Waals surface area contributed by atoms with Crippen LogP contribution in [0, 0.1) is 5.82 Å². The summed E-state index contributed by atoms with van der Waals surface area (Å²) < 4.78 is 51.8. The SMILES string of the molecule is COC(=O)[C@H]1CO[P@@](=O)(OCCn2c(=O)c(F)cn([C@@H]3CCCO3)c2=O)N1Cc1ccccc1. The predicted molar refractivity (Wildman–Crippen MR) is 116 cm³/mol. The molecule has 0 bridgehead atoms. The van der Waals surface area contributed by atoms with Crippen LogP contribution in [0.25, 0.3) is 0 Å². The molecule has 3 atom stereocenters. The van der Waals surface area contributed by atoms with Crippen molar-refractivity contribution < 1.29 is 32.3 Å². The van der Waals surface area contributed by atoms with Crippen LogP contribution in [0.2, 0.25) is 0 Å². The number of methoxy groups -OCH3 is 1. The Morgan fingerprint density at radius 2 is 2.03 bits per heavy atom. The van der Waals surface area contributed by atoms with Crippen LogP contribution in [0.1, 0.15) is 24.6 Å². The van der Waals surface area contributed by atoms with Crippen molar-refractivity contribution >= 4 is 13.7 Å². The maximum atomic E-state index is 14.2. The van der Waals surface area contributed by atoms with Gasteiger partial charge in [-0.3, -0.25) is 27.8 Å². The van der Waals surface area contributed by atoms with Crippen LogP contribution in [0.4, 0.5) is 4.39 Å². The van der Waals surface area contributed by atoms with Crippen molar-refractivity contribution in [2.24, 2.45) is 0 Å². The molecule has 2 saturated heterocycles. The largest absolute Gasteiger partial charge is 0.468 e. The smallest absolute Gasteiger partial charge is 0.409 e. The average Bonchev–Trinajstić information content (AvgIpc) is 3.48. The van der Waals surface area contributed by atoms with Gasteiger partial charge in [0.15, 0.2) is 0 Å². The molecule has 0 aliphatic carbocycles. The molecular weight excluding hydrogens is 472 g/mol. The molecule has 13 heteroatoms. The topological polar surface area (TPSA) is 118 Å². The number of carbonyl (C=O) groups is 1. The second-order valence-corrected chi connectivity index (χ2v) is 9.78. The first-order chi connectivity index (χ1) is 16.3. The first kappa shape index (κ1) is 24.5. The van der Waals surface area contributed by atoms with E-state index in [-0.39, 0.29) is 19.7 Å². The van der Waals surface area contributed by atoms with Crippen molar-refractivity contribution in [1.29, 1.82) is 0 Å². The van der Waals surface area contributed by atoms with Crippen LogP contribution < -0.4 is 11.2 Å². The third-order valence-electron chi connectivity index (χ3n) is 5.67. The van der Waals surface area contributed by atoms with Gasteiger partial charge in [-0.25, -0.2) is 9.36 Å². The van der Waals surface area contributed by atoms with E-state index < -0.39 is 49.7 Å². The highest BCUT2D eigenvalue weighted by atomic mass is 31.2. The maximum Gasteiger partial charge on any atom is 0.409 e. The van der Waals surface area contributed by atoms with Gasteiger partial charge in [-0.15, -0.1) is 0 Å². The lowest BCUT2D eigenvalue weighted by Gasteiger charge is -2.25. The van der Waals surface area contributed by atoms with E-state index in [0.717, 1.165) is 16.3 Å². The van der Waals surface area contributed by atoms with Crippen LogP contribution in [0.3, 0.4) is 0 Å². The molecule has 3 heterocycles. The molecule has 0 amide bonds. The summed E-state index contributed by atoms with van der Waals surface area (Å²) in [5.41, 5.74) is -1.13. The van der Waals surface area contributed by atoms with Crippen LogP contribution in [0.5, 0.6) is 0 Å². The quantitative estimate of drug-likeness (QED) is 0.396. The van der Waals surface area contributed by atoms with Gasteiger partial charge in [0.2, 0.25) is 5.82 Å². The van der Waals surface area contributed by atoms with Crippen molar-refractivity contribution in [3.63, 3.8) is 0 Å². The molecule has 0 N–H and O–H groups in total. The van der Waals surface area contributed by atoms with E-state index in [4.69, 9.17) is 18.5 Å². The Morgan fingerprint density at radius 3 is 2.71 bits per heavy atom. The second kappa shape index (κ2) is 10.3. The predicted octanol–water partition coefficient (Wildman–Crippen LogP) is 1.66. The van der Waals surface area contributed by atoms with Gasteiger partial charge in [-0.2, -0.15) is 9.06 Å². The van der Waals surface area contributed by atoms with Gasteiger partial charge in [-0.1, -0.05) is 30.3 Å². The summed E-state index contributed by atoms with van der Waals surface area (Å²) in [5.74, 6) is -1.76. The Labute approximate surface area is 194 Å². The molecule has 2 aromatic rings. The molecular formula is C21H25FN3O8P. The zero-order chi connectivity index (χ0) is 24.3. The third-order valence-corrected chi connectivity index (χ3v) is 7.70. The van der Waals surface area contributed by atoms with Crippen molar-refractivity contribution in [3.05, 3.63) is 68.7 Å². The minimum Gasteiger partial charge on any atom is -0.468 e. The molecule has 2 aliphatic heterocycles. The summed E-state index contributed by atoms with van der Waals surface area (Å²) in [6.45, 7) is -0.496. The van der Waals surface area contributed by atoms with E-state index in [1.807, 2.05) is 6.07 Å². The number of rotatable bonds is 8. The summed E-state index contributed by atoms with van der Waals surface area (Å²) in [4.78, 5) is 37.3. The van der Waals surface area contributed by atoms with Gasteiger partial charge in [0, 0.05) is 13.2 Å². The molecule has 0 saturated carbocycles. The molecule has 0 spiro atoms. The number of halogens is 1. The molecule has 11 nitrogen and oxygen atoms in total. The first-order valence-electron chi connectivity index (χ1n) is 10.7. The monoisotopic (exact) mass is 497 g/mol. The van der Waals surface area contributed by atoms with Gasteiger partial charge in [0.25, 0.3) is 5.56 Å². The number of aromatic nitrogens is 2. The lowest BCUT2D eigenvalue weighted by Crippen LogP contribution is -2.43. The number of hydrogen-bond acceptors (Lipinski definition) is 8. The molecule has 184 valence electrons. The van der Waals surface area contributed by atoms with E-state index in [1.165, 1.54) is 11.8 Å². The van der Waals surface area contributed by atoms with Gasteiger partial charge < -0.3 is 9.47 Å². The van der Waals surface area contributed by atoms with E-state index >= 15 is 0 Å². The van der Waals surface area contributed by atoms with Crippen LogP contribution in [-0.4, -0.2) is 52.7 Å². The number of esters is 1. The normalized spacial score (nSPS) is 25.0. The Hall–Kier alpha value is -2.63. The Morgan fingerprint density at radius 1 is 1.26 bits per heavy atom. The number of hydrogen-bond donors (Lipinski definition) is 0. The Kier molecular flexibility index (Phi) is 7.44. The second-order valence-electron chi connectivity index (χ2n) is 7.81. The highest BCUT2D eigenvalue weighted by Gasteiger charge is 2.49.